The summed E-state index contributed by atoms with van der Waals surface area (Å²) in [4.78, 5) is 38.8. The zero-order valence-corrected chi connectivity index (χ0v) is 20.5. The summed E-state index contributed by atoms with van der Waals surface area (Å²) in [7, 11) is 0. The van der Waals surface area contributed by atoms with E-state index in [0.29, 0.717) is 24.6 Å². The molecule has 38 heavy (non-hydrogen) atoms. The first-order valence-electron chi connectivity index (χ1n) is 12.1. The molecule has 2 aromatic heterocycles. The number of nitriles is 1. The van der Waals surface area contributed by atoms with Crippen molar-refractivity contribution in [3.8, 4) is 17.3 Å². The summed E-state index contributed by atoms with van der Waals surface area (Å²) in [6.45, 7) is 6.32. The number of fused-ring (bicyclic) bond motifs is 1. The molecule has 0 spiro atoms. The second-order valence-electron chi connectivity index (χ2n) is 8.79. The third kappa shape index (κ3) is 5.53. The Bertz CT molecular complexity index is 1530. The number of H-pyrrole nitrogens is 1. The molecule has 3 heterocycles. The van der Waals surface area contributed by atoms with Crippen molar-refractivity contribution >= 4 is 40.0 Å². The minimum Gasteiger partial charge on any atom is -0.378 e. The first kappa shape index (κ1) is 24.7. The lowest BCUT2D eigenvalue weighted by Gasteiger charge is -2.27. The normalized spacial score (nSPS) is 13.1. The van der Waals surface area contributed by atoms with Gasteiger partial charge in [0.05, 0.1) is 25.0 Å². The smallest absolute Gasteiger partial charge is 0.265 e. The van der Waals surface area contributed by atoms with Crippen molar-refractivity contribution in [1.82, 2.24) is 15.0 Å². The Kier molecular flexibility index (Phi) is 7.10. The zero-order chi connectivity index (χ0) is 26.5. The number of amides is 2. The van der Waals surface area contributed by atoms with Crippen LogP contribution in [-0.4, -0.2) is 53.1 Å². The first-order chi connectivity index (χ1) is 18.5. The minimum atomic E-state index is -0.556. The second kappa shape index (κ2) is 10.9. The van der Waals surface area contributed by atoms with Crippen LogP contribution in [0, 0.1) is 11.3 Å². The molecule has 2 aromatic carbocycles. The molecule has 190 valence electrons. The average molecular weight is 508 g/mol. The molecule has 0 saturated carbocycles. The third-order valence-electron chi connectivity index (χ3n) is 6.18. The van der Waals surface area contributed by atoms with Crippen LogP contribution in [0.2, 0.25) is 0 Å². The Morgan fingerprint density at radius 2 is 1.71 bits per heavy atom. The Morgan fingerprint density at radius 1 is 1.03 bits per heavy atom. The maximum Gasteiger partial charge on any atom is 0.265 e. The standard InChI is InChI=1S/C28H25N7O3/c1-18(16-29)28(37)33-22-6-2-19(3-7-22)14-25(36)32-21-8-4-20(5-9-21)24-15-23-26(34-24)30-17-31-27(23)35-10-12-38-13-11-35/h2-9,15,17H,1,10-14H2,(H,32,36)(H,33,37)(H,30,31,34). The molecule has 10 heteroatoms. The lowest BCUT2D eigenvalue weighted by molar-refractivity contribution is -0.115. The molecule has 1 fully saturated rings. The highest BCUT2D eigenvalue weighted by Gasteiger charge is 2.17. The number of ether oxygens (including phenoxy) is 1. The number of anilines is 3. The molecule has 4 aromatic rings. The van der Waals surface area contributed by atoms with E-state index in [0.717, 1.165) is 46.8 Å². The van der Waals surface area contributed by atoms with Gasteiger partial charge in [-0.05, 0) is 41.5 Å². The van der Waals surface area contributed by atoms with Gasteiger partial charge in [-0.15, -0.1) is 0 Å². The quantitative estimate of drug-likeness (QED) is 0.257. The molecular weight excluding hydrogens is 482 g/mol. The van der Waals surface area contributed by atoms with E-state index in [4.69, 9.17) is 10.00 Å². The van der Waals surface area contributed by atoms with E-state index in [1.807, 2.05) is 24.3 Å². The van der Waals surface area contributed by atoms with Crippen LogP contribution in [0.15, 0.2) is 73.1 Å². The lowest BCUT2D eigenvalue weighted by Crippen LogP contribution is -2.36. The number of morpholine rings is 1. The number of aromatic amines is 1. The van der Waals surface area contributed by atoms with E-state index in [2.05, 4.69) is 43.1 Å². The summed E-state index contributed by atoms with van der Waals surface area (Å²) in [6, 6.07) is 18.2. The highest BCUT2D eigenvalue weighted by molar-refractivity contribution is 6.06. The van der Waals surface area contributed by atoms with E-state index in [-0.39, 0.29) is 17.9 Å². The van der Waals surface area contributed by atoms with Crippen molar-refractivity contribution in [1.29, 1.82) is 5.26 Å². The number of carbonyl (C=O) groups is 2. The summed E-state index contributed by atoms with van der Waals surface area (Å²) in [6.07, 6.45) is 1.74. The van der Waals surface area contributed by atoms with Crippen LogP contribution < -0.4 is 15.5 Å². The minimum absolute atomic E-state index is 0.163. The molecular formula is C28H25N7O3. The monoisotopic (exact) mass is 507 g/mol. The molecule has 0 atom stereocenters. The van der Waals surface area contributed by atoms with Crippen LogP contribution in [0.25, 0.3) is 22.3 Å². The van der Waals surface area contributed by atoms with Gasteiger partial charge in [0.2, 0.25) is 5.91 Å². The molecule has 2 amide bonds. The molecule has 0 aliphatic carbocycles. The van der Waals surface area contributed by atoms with Crippen molar-refractivity contribution in [2.45, 2.75) is 6.42 Å². The second-order valence-corrected chi connectivity index (χ2v) is 8.79. The molecule has 0 unspecified atom stereocenters. The number of carbonyl (C=O) groups excluding carboxylic acids is 2. The number of nitrogens with zero attached hydrogens (tertiary/aromatic N) is 4. The van der Waals surface area contributed by atoms with Gasteiger partial charge in [0.1, 0.15) is 29.4 Å². The Balaban J connectivity index is 1.22. The number of aromatic nitrogens is 3. The van der Waals surface area contributed by atoms with Gasteiger partial charge >= 0.3 is 0 Å². The van der Waals surface area contributed by atoms with Crippen molar-refractivity contribution in [3.63, 3.8) is 0 Å². The predicted octanol–water partition coefficient (Wildman–Crippen LogP) is 3.66. The Hall–Kier alpha value is -5.01. The Labute approximate surface area is 219 Å². The van der Waals surface area contributed by atoms with Gasteiger partial charge in [-0.1, -0.05) is 30.8 Å². The van der Waals surface area contributed by atoms with Crippen LogP contribution in [0.3, 0.4) is 0 Å². The number of hydrogen-bond donors (Lipinski definition) is 3. The van der Waals surface area contributed by atoms with Gasteiger partial charge in [0, 0.05) is 30.2 Å². The van der Waals surface area contributed by atoms with Gasteiger partial charge in [-0.3, -0.25) is 9.59 Å². The number of nitrogens with one attached hydrogen (secondary N) is 3. The number of benzene rings is 2. The Morgan fingerprint density at radius 3 is 2.42 bits per heavy atom. The summed E-state index contributed by atoms with van der Waals surface area (Å²) in [5, 5.41) is 15.2. The summed E-state index contributed by atoms with van der Waals surface area (Å²) in [5.41, 5.74) is 4.47. The summed E-state index contributed by atoms with van der Waals surface area (Å²) >= 11 is 0. The molecule has 1 saturated heterocycles. The van der Waals surface area contributed by atoms with Gasteiger partial charge in [0.25, 0.3) is 5.91 Å². The van der Waals surface area contributed by atoms with Crippen LogP contribution >= 0.6 is 0 Å². The van der Waals surface area contributed by atoms with Crippen molar-refractivity contribution < 1.29 is 14.3 Å². The maximum absolute atomic E-state index is 12.6. The van der Waals surface area contributed by atoms with Crippen LogP contribution in [0.5, 0.6) is 0 Å². The highest BCUT2D eigenvalue weighted by Crippen LogP contribution is 2.29. The molecule has 0 bridgehead atoms. The predicted molar refractivity (Wildman–Crippen MR) is 145 cm³/mol. The van der Waals surface area contributed by atoms with E-state index >= 15 is 0 Å². The first-order valence-corrected chi connectivity index (χ1v) is 12.1. The van der Waals surface area contributed by atoms with Crippen molar-refractivity contribution in [2.24, 2.45) is 0 Å². The number of rotatable bonds is 7. The molecule has 1 aliphatic rings. The fraction of sp³-hybridized carbons (Fsp3) is 0.179. The molecule has 5 rings (SSSR count). The fourth-order valence-electron chi connectivity index (χ4n) is 4.20. The molecule has 0 radical (unpaired) electrons. The van der Waals surface area contributed by atoms with E-state index < -0.39 is 5.91 Å². The van der Waals surface area contributed by atoms with Gasteiger partial charge < -0.3 is 25.3 Å². The molecule has 10 nitrogen and oxygen atoms in total. The van der Waals surface area contributed by atoms with E-state index in [1.54, 1.807) is 36.7 Å². The van der Waals surface area contributed by atoms with Crippen LogP contribution in [-0.2, 0) is 20.7 Å². The van der Waals surface area contributed by atoms with Crippen LogP contribution in [0.4, 0.5) is 17.2 Å². The van der Waals surface area contributed by atoms with Crippen molar-refractivity contribution in [2.75, 3.05) is 41.8 Å². The zero-order valence-electron chi connectivity index (χ0n) is 20.5. The highest BCUT2D eigenvalue weighted by atomic mass is 16.5. The van der Waals surface area contributed by atoms with Crippen LogP contribution in [0.1, 0.15) is 5.56 Å². The average Bonchev–Trinajstić information content (AvgIpc) is 3.39. The summed E-state index contributed by atoms with van der Waals surface area (Å²) < 4.78 is 5.46. The summed E-state index contributed by atoms with van der Waals surface area (Å²) in [5.74, 6) is 0.176. The number of hydrogen-bond acceptors (Lipinski definition) is 7. The van der Waals surface area contributed by atoms with Gasteiger partial charge in [-0.25, -0.2) is 9.97 Å². The maximum atomic E-state index is 12.6. The SMILES string of the molecule is C=C(C#N)C(=O)Nc1ccc(CC(=O)Nc2ccc(-c3cc4c(N5CCOCC5)ncnc4[nH]3)cc2)cc1. The van der Waals surface area contributed by atoms with E-state index in [1.165, 1.54) is 0 Å². The molecule has 3 N–H and O–H groups in total. The third-order valence-corrected chi connectivity index (χ3v) is 6.18. The van der Waals surface area contributed by atoms with Gasteiger partial charge in [-0.2, -0.15) is 5.26 Å². The topological polar surface area (TPSA) is 136 Å². The van der Waals surface area contributed by atoms with E-state index in [9.17, 15) is 9.59 Å². The van der Waals surface area contributed by atoms with Crippen molar-refractivity contribution in [3.05, 3.63) is 78.6 Å². The largest absolute Gasteiger partial charge is 0.378 e. The fourth-order valence-corrected chi connectivity index (χ4v) is 4.20. The lowest BCUT2D eigenvalue weighted by atomic mass is 10.1. The van der Waals surface area contributed by atoms with Gasteiger partial charge in [0.15, 0.2) is 0 Å². The molecule has 1 aliphatic heterocycles.